The van der Waals surface area contributed by atoms with Gasteiger partial charge in [0, 0.05) is 18.0 Å². The number of hydrogen-bond donors (Lipinski definition) is 1. The number of sulfonamides is 1. The maximum absolute atomic E-state index is 12.8. The van der Waals surface area contributed by atoms with Crippen LogP contribution in [0, 0.1) is 11.8 Å². The van der Waals surface area contributed by atoms with Crippen molar-refractivity contribution >= 4 is 21.4 Å². The third-order valence-electron chi connectivity index (χ3n) is 4.88. The highest BCUT2D eigenvalue weighted by molar-refractivity contribution is 7.91. The minimum absolute atomic E-state index is 0.486. The summed E-state index contributed by atoms with van der Waals surface area (Å²) < 4.78 is 27.8. The minimum atomic E-state index is -3.30. The van der Waals surface area contributed by atoms with E-state index in [9.17, 15) is 8.42 Å². The average molecular weight is 329 g/mol. The first-order valence-electron chi connectivity index (χ1n) is 7.90. The standard InChI is InChI=1S/C15H24N2O2S2/c16-9-7-14-5-6-15(20-14)21(18,19)17-10-8-12-3-1-2-4-13(12)11-17/h5-6,12-13H,1-4,7-11,16H2. The lowest BCUT2D eigenvalue weighted by Gasteiger charge is -2.40. The van der Waals surface area contributed by atoms with Crippen molar-refractivity contribution in [2.45, 2.75) is 42.7 Å². The first-order chi connectivity index (χ1) is 10.1. The maximum atomic E-state index is 12.8. The van der Waals surface area contributed by atoms with Crippen LogP contribution in [-0.2, 0) is 16.4 Å². The van der Waals surface area contributed by atoms with Crippen LogP contribution in [0.3, 0.4) is 0 Å². The van der Waals surface area contributed by atoms with Gasteiger partial charge in [0.15, 0.2) is 0 Å². The molecule has 1 aromatic heterocycles. The molecule has 2 heterocycles. The molecule has 1 aliphatic heterocycles. The predicted molar refractivity (Wildman–Crippen MR) is 85.9 cm³/mol. The highest BCUT2D eigenvalue weighted by Crippen LogP contribution is 2.38. The van der Waals surface area contributed by atoms with Gasteiger partial charge < -0.3 is 5.73 Å². The van der Waals surface area contributed by atoms with E-state index in [1.165, 1.54) is 37.0 Å². The van der Waals surface area contributed by atoms with Crippen molar-refractivity contribution < 1.29 is 8.42 Å². The van der Waals surface area contributed by atoms with Crippen LogP contribution >= 0.6 is 11.3 Å². The summed E-state index contributed by atoms with van der Waals surface area (Å²) in [7, 11) is -3.30. The Morgan fingerprint density at radius 2 is 1.95 bits per heavy atom. The van der Waals surface area contributed by atoms with Gasteiger partial charge in [-0.2, -0.15) is 4.31 Å². The van der Waals surface area contributed by atoms with Crippen LogP contribution in [0.5, 0.6) is 0 Å². The van der Waals surface area contributed by atoms with Crippen LogP contribution in [0.15, 0.2) is 16.3 Å². The van der Waals surface area contributed by atoms with Gasteiger partial charge >= 0.3 is 0 Å². The minimum Gasteiger partial charge on any atom is -0.330 e. The second-order valence-electron chi connectivity index (χ2n) is 6.22. The first kappa shape index (κ1) is 15.5. The number of rotatable bonds is 4. The Bertz CT molecular complexity index is 582. The lowest BCUT2D eigenvalue weighted by Crippen LogP contribution is -2.44. The van der Waals surface area contributed by atoms with E-state index in [0.29, 0.717) is 23.2 Å². The molecule has 2 N–H and O–H groups in total. The Morgan fingerprint density at radius 1 is 1.19 bits per heavy atom. The van der Waals surface area contributed by atoms with Crippen LogP contribution < -0.4 is 5.73 Å². The van der Waals surface area contributed by atoms with Gasteiger partial charge in [0.2, 0.25) is 0 Å². The van der Waals surface area contributed by atoms with Crippen LogP contribution in [0.1, 0.15) is 37.0 Å². The average Bonchev–Trinajstić information content (AvgIpc) is 2.96. The van der Waals surface area contributed by atoms with Crippen LogP contribution in [0.2, 0.25) is 0 Å². The topological polar surface area (TPSA) is 63.4 Å². The summed E-state index contributed by atoms with van der Waals surface area (Å²) in [6.45, 7) is 1.97. The zero-order valence-corrected chi connectivity index (χ0v) is 14.0. The molecule has 118 valence electrons. The summed E-state index contributed by atoms with van der Waals surface area (Å²) in [6, 6.07) is 3.65. The number of thiophene rings is 1. The molecular weight excluding hydrogens is 304 g/mol. The fraction of sp³-hybridized carbons (Fsp3) is 0.733. The summed E-state index contributed by atoms with van der Waals surface area (Å²) in [4.78, 5) is 1.06. The van der Waals surface area contributed by atoms with Crippen molar-refractivity contribution in [3.63, 3.8) is 0 Å². The van der Waals surface area contributed by atoms with Crippen LogP contribution in [0.4, 0.5) is 0 Å². The molecule has 1 saturated carbocycles. The van der Waals surface area contributed by atoms with E-state index in [4.69, 9.17) is 5.73 Å². The molecule has 3 rings (SSSR count). The quantitative estimate of drug-likeness (QED) is 0.923. The third kappa shape index (κ3) is 3.18. The zero-order valence-electron chi connectivity index (χ0n) is 12.3. The van der Waals surface area contributed by atoms with E-state index in [2.05, 4.69) is 0 Å². The molecule has 1 aromatic rings. The maximum Gasteiger partial charge on any atom is 0.252 e. The van der Waals surface area contributed by atoms with E-state index in [1.807, 2.05) is 6.07 Å². The summed E-state index contributed by atoms with van der Waals surface area (Å²) in [5, 5.41) is 0. The monoisotopic (exact) mass is 328 g/mol. The SMILES string of the molecule is NCCc1ccc(S(=O)(=O)N2CCC3CCCCC3C2)s1. The fourth-order valence-corrected chi connectivity index (χ4v) is 6.72. The molecule has 2 atom stereocenters. The number of fused-ring (bicyclic) bond motifs is 1. The fourth-order valence-electron chi connectivity index (χ4n) is 3.69. The van der Waals surface area contributed by atoms with Crippen molar-refractivity contribution in [3.05, 3.63) is 17.0 Å². The summed E-state index contributed by atoms with van der Waals surface area (Å²) >= 11 is 1.38. The predicted octanol–water partition coefficient (Wildman–Crippen LogP) is 2.45. The molecule has 0 bridgehead atoms. The molecule has 6 heteroatoms. The molecule has 21 heavy (non-hydrogen) atoms. The molecule has 1 aliphatic carbocycles. The van der Waals surface area contributed by atoms with Gasteiger partial charge in [0.25, 0.3) is 10.0 Å². The highest BCUT2D eigenvalue weighted by atomic mass is 32.2. The molecule has 4 nitrogen and oxygen atoms in total. The number of hydrogen-bond acceptors (Lipinski definition) is 4. The van der Waals surface area contributed by atoms with E-state index in [1.54, 1.807) is 10.4 Å². The summed E-state index contributed by atoms with van der Waals surface area (Å²) in [5.41, 5.74) is 5.54. The van der Waals surface area contributed by atoms with E-state index in [0.717, 1.165) is 30.2 Å². The lowest BCUT2D eigenvalue weighted by molar-refractivity contribution is 0.136. The summed E-state index contributed by atoms with van der Waals surface area (Å²) in [6.07, 6.45) is 6.85. The lowest BCUT2D eigenvalue weighted by atomic mass is 9.76. The number of piperidine rings is 1. The Kier molecular flexibility index (Phi) is 4.69. The van der Waals surface area contributed by atoms with Crippen LogP contribution in [0.25, 0.3) is 0 Å². The third-order valence-corrected chi connectivity index (χ3v) is 8.35. The smallest absolute Gasteiger partial charge is 0.252 e. The van der Waals surface area contributed by atoms with Crippen molar-refractivity contribution in [2.75, 3.05) is 19.6 Å². The van der Waals surface area contributed by atoms with Gasteiger partial charge in [0.05, 0.1) is 0 Å². The Morgan fingerprint density at radius 3 is 2.71 bits per heavy atom. The van der Waals surface area contributed by atoms with Crippen molar-refractivity contribution in [1.82, 2.24) is 4.31 Å². The Balaban J connectivity index is 1.75. The number of nitrogens with zero attached hydrogens (tertiary/aromatic N) is 1. The van der Waals surface area contributed by atoms with Gasteiger partial charge in [-0.1, -0.05) is 19.3 Å². The molecule has 0 aromatic carbocycles. The zero-order chi connectivity index (χ0) is 14.9. The van der Waals surface area contributed by atoms with Crippen molar-refractivity contribution in [2.24, 2.45) is 17.6 Å². The molecule has 0 spiro atoms. The van der Waals surface area contributed by atoms with Crippen molar-refractivity contribution in [1.29, 1.82) is 0 Å². The molecule has 0 amide bonds. The Hall–Kier alpha value is -0.430. The molecule has 2 fully saturated rings. The second kappa shape index (κ2) is 6.36. The molecule has 2 aliphatic rings. The Labute approximate surface area is 131 Å². The van der Waals surface area contributed by atoms with Gasteiger partial charge in [-0.05, 0) is 49.8 Å². The van der Waals surface area contributed by atoms with Gasteiger partial charge in [-0.3, -0.25) is 0 Å². The van der Waals surface area contributed by atoms with Gasteiger partial charge in [-0.15, -0.1) is 11.3 Å². The largest absolute Gasteiger partial charge is 0.330 e. The number of nitrogens with two attached hydrogens (primary N) is 1. The molecular formula is C15H24N2O2S2. The second-order valence-corrected chi connectivity index (χ2v) is 9.55. The normalized spacial score (nSPS) is 27.5. The molecule has 0 radical (unpaired) electrons. The summed E-state index contributed by atoms with van der Waals surface area (Å²) in [5.74, 6) is 1.33. The van der Waals surface area contributed by atoms with Crippen molar-refractivity contribution in [3.8, 4) is 0 Å². The van der Waals surface area contributed by atoms with E-state index < -0.39 is 10.0 Å². The van der Waals surface area contributed by atoms with Crippen LogP contribution in [-0.4, -0.2) is 32.4 Å². The van der Waals surface area contributed by atoms with E-state index in [-0.39, 0.29) is 0 Å². The molecule has 2 unspecified atom stereocenters. The van der Waals surface area contributed by atoms with Gasteiger partial charge in [0.1, 0.15) is 4.21 Å². The highest BCUT2D eigenvalue weighted by Gasteiger charge is 2.36. The van der Waals surface area contributed by atoms with E-state index >= 15 is 0 Å². The van der Waals surface area contributed by atoms with Gasteiger partial charge in [-0.25, -0.2) is 8.42 Å². The first-order valence-corrected chi connectivity index (χ1v) is 10.2. The molecule has 1 saturated heterocycles.